The Kier molecular flexibility index (Phi) is 3.55. The Labute approximate surface area is 110 Å². The average molecular weight is 261 g/mol. The molecule has 0 fully saturated rings. The number of para-hydroxylation sites is 1. The molecule has 0 atom stereocenters. The molecule has 0 aliphatic heterocycles. The van der Waals surface area contributed by atoms with Crippen LogP contribution in [0.5, 0.6) is 5.75 Å². The number of benzene rings is 1. The van der Waals surface area contributed by atoms with Gasteiger partial charge in [-0.15, -0.1) is 0 Å². The second-order valence-electron chi connectivity index (χ2n) is 4.43. The summed E-state index contributed by atoms with van der Waals surface area (Å²) in [6, 6.07) is 7.12. The topological polar surface area (TPSA) is 72.6 Å². The van der Waals surface area contributed by atoms with Gasteiger partial charge in [0.1, 0.15) is 17.0 Å². The Morgan fingerprint density at radius 3 is 2.63 bits per heavy atom. The van der Waals surface area contributed by atoms with Crippen molar-refractivity contribution in [2.45, 2.75) is 19.8 Å². The Morgan fingerprint density at radius 2 is 2.05 bits per heavy atom. The molecule has 0 saturated carbocycles. The summed E-state index contributed by atoms with van der Waals surface area (Å²) >= 11 is 0. The van der Waals surface area contributed by atoms with E-state index in [1.54, 1.807) is 18.2 Å². The lowest BCUT2D eigenvalue weighted by Gasteiger charge is -2.06. The van der Waals surface area contributed by atoms with Crippen LogP contribution in [-0.4, -0.2) is 23.3 Å². The van der Waals surface area contributed by atoms with Crippen molar-refractivity contribution < 1.29 is 19.2 Å². The van der Waals surface area contributed by atoms with Crippen LogP contribution in [0.1, 0.15) is 35.9 Å². The van der Waals surface area contributed by atoms with Gasteiger partial charge in [0.2, 0.25) is 0 Å². The van der Waals surface area contributed by atoms with Gasteiger partial charge in [-0.1, -0.05) is 31.1 Å². The van der Waals surface area contributed by atoms with Crippen molar-refractivity contribution in [3.63, 3.8) is 0 Å². The number of carboxylic acids is 1. The van der Waals surface area contributed by atoms with Crippen LogP contribution in [0.3, 0.4) is 0 Å². The van der Waals surface area contributed by atoms with Crippen molar-refractivity contribution in [3.05, 3.63) is 35.6 Å². The van der Waals surface area contributed by atoms with Gasteiger partial charge in [-0.2, -0.15) is 0 Å². The molecule has 1 aromatic heterocycles. The van der Waals surface area contributed by atoms with Crippen molar-refractivity contribution in [2.75, 3.05) is 7.11 Å². The number of hydrogen-bond acceptors (Lipinski definition) is 4. The van der Waals surface area contributed by atoms with Gasteiger partial charge in [0, 0.05) is 11.5 Å². The van der Waals surface area contributed by atoms with E-state index < -0.39 is 5.97 Å². The van der Waals surface area contributed by atoms with E-state index in [1.165, 1.54) is 7.11 Å². The van der Waals surface area contributed by atoms with Gasteiger partial charge in [0.25, 0.3) is 0 Å². The molecule has 0 aliphatic carbocycles. The van der Waals surface area contributed by atoms with E-state index in [0.29, 0.717) is 22.8 Å². The summed E-state index contributed by atoms with van der Waals surface area (Å²) in [5.41, 5.74) is 1.01. The van der Waals surface area contributed by atoms with Crippen LogP contribution < -0.4 is 4.74 Å². The predicted molar refractivity (Wildman–Crippen MR) is 69.5 cm³/mol. The Hall–Kier alpha value is -2.30. The summed E-state index contributed by atoms with van der Waals surface area (Å²) in [5, 5.41) is 13.3. The summed E-state index contributed by atoms with van der Waals surface area (Å²) in [6.45, 7) is 3.72. The number of hydrogen-bond donors (Lipinski definition) is 1. The number of aromatic carboxylic acids is 1. The molecule has 0 radical (unpaired) electrons. The molecule has 1 heterocycles. The van der Waals surface area contributed by atoms with E-state index in [4.69, 9.17) is 9.26 Å². The van der Waals surface area contributed by atoms with Gasteiger partial charge >= 0.3 is 5.97 Å². The molecular weight excluding hydrogens is 246 g/mol. The minimum absolute atomic E-state index is 0.0537. The molecule has 1 N–H and O–H groups in total. The minimum Gasteiger partial charge on any atom is -0.496 e. The zero-order valence-corrected chi connectivity index (χ0v) is 11.0. The predicted octanol–water partition coefficient (Wildman–Crippen LogP) is 3.17. The standard InChI is InChI=1S/C14H15NO4/c1-8(2)13-11(14(16)17)12(15-19-13)9-6-4-5-7-10(9)18-3/h4-8H,1-3H3,(H,16,17). The zero-order chi connectivity index (χ0) is 14.0. The number of aromatic nitrogens is 1. The summed E-state index contributed by atoms with van der Waals surface area (Å²) < 4.78 is 10.4. The van der Waals surface area contributed by atoms with E-state index in [9.17, 15) is 9.90 Å². The highest BCUT2D eigenvalue weighted by molar-refractivity contribution is 5.96. The van der Waals surface area contributed by atoms with Gasteiger partial charge in [0.05, 0.1) is 7.11 Å². The molecule has 2 rings (SSSR count). The fourth-order valence-corrected chi connectivity index (χ4v) is 1.93. The third kappa shape index (κ3) is 2.31. The Morgan fingerprint density at radius 1 is 1.37 bits per heavy atom. The van der Waals surface area contributed by atoms with Crippen molar-refractivity contribution in [1.82, 2.24) is 5.16 Å². The highest BCUT2D eigenvalue weighted by Gasteiger charge is 2.26. The summed E-state index contributed by atoms with van der Waals surface area (Å²) in [4.78, 5) is 11.4. The number of carbonyl (C=O) groups is 1. The lowest BCUT2D eigenvalue weighted by atomic mass is 10.0. The first-order valence-electron chi connectivity index (χ1n) is 5.92. The molecule has 0 bridgehead atoms. The molecule has 100 valence electrons. The minimum atomic E-state index is -1.05. The fourth-order valence-electron chi connectivity index (χ4n) is 1.93. The van der Waals surface area contributed by atoms with Crippen LogP contribution in [0, 0.1) is 0 Å². The van der Waals surface area contributed by atoms with Crippen LogP contribution in [-0.2, 0) is 0 Å². The number of ether oxygens (including phenoxy) is 1. The summed E-state index contributed by atoms with van der Waals surface area (Å²) in [7, 11) is 1.53. The van der Waals surface area contributed by atoms with Gasteiger partial charge in [0.15, 0.2) is 5.76 Å². The van der Waals surface area contributed by atoms with Crippen LogP contribution in [0.4, 0.5) is 0 Å². The van der Waals surface area contributed by atoms with Crippen LogP contribution in [0.2, 0.25) is 0 Å². The first kappa shape index (κ1) is 13.1. The molecule has 0 spiro atoms. The second kappa shape index (κ2) is 5.14. The molecule has 0 saturated heterocycles. The van der Waals surface area contributed by atoms with Crippen molar-refractivity contribution >= 4 is 5.97 Å². The van der Waals surface area contributed by atoms with Crippen LogP contribution >= 0.6 is 0 Å². The second-order valence-corrected chi connectivity index (χ2v) is 4.43. The van der Waals surface area contributed by atoms with Crippen molar-refractivity contribution in [2.24, 2.45) is 0 Å². The van der Waals surface area contributed by atoms with Gasteiger partial charge in [-0.05, 0) is 12.1 Å². The largest absolute Gasteiger partial charge is 0.496 e. The van der Waals surface area contributed by atoms with E-state index in [-0.39, 0.29) is 11.5 Å². The molecule has 0 unspecified atom stereocenters. The third-order valence-electron chi connectivity index (χ3n) is 2.82. The molecule has 0 aliphatic rings. The number of carboxylic acid groups (broad SMARTS) is 1. The van der Waals surface area contributed by atoms with Crippen molar-refractivity contribution in [3.8, 4) is 17.0 Å². The first-order chi connectivity index (χ1) is 9.06. The molecule has 0 amide bonds. The van der Waals surface area contributed by atoms with Crippen molar-refractivity contribution in [1.29, 1.82) is 0 Å². The molecule has 5 nitrogen and oxygen atoms in total. The number of methoxy groups -OCH3 is 1. The molecule has 1 aromatic carbocycles. The van der Waals surface area contributed by atoms with E-state index in [0.717, 1.165) is 0 Å². The maximum atomic E-state index is 11.4. The zero-order valence-electron chi connectivity index (χ0n) is 11.0. The van der Waals surface area contributed by atoms with E-state index in [2.05, 4.69) is 5.16 Å². The Balaban J connectivity index is 2.66. The highest BCUT2D eigenvalue weighted by Crippen LogP contribution is 2.34. The molecule has 5 heteroatoms. The van der Waals surface area contributed by atoms with Gasteiger partial charge in [-0.25, -0.2) is 4.79 Å². The normalized spacial score (nSPS) is 10.7. The summed E-state index contributed by atoms with van der Waals surface area (Å²) in [5.74, 6) is -0.171. The smallest absolute Gasteiger partial charge is 0.341 e. The summed E-state index contributed by atoms with van der Waals surface area (Å²) in [6.07, 6.45) is 0. The van der Waals surface area contributed by atoms with Gasteiger partial charge < -0.3 is 14.4 Å². The Bertz CT molecular complexity index is 601. The number of rotatable bonds is 4. The number of nitrogens with zero attached hydrogens (tertiary/aromatic N) is 1. The molecule has 19 heavy (non-hydrogen) atoms. The quantitative estimate of drug-likeness (QED) is 0.915. The first-order valence-corrected chi connectivity index (χ1v) is 5.92. The van der Waals surface area contributed by atoms with E-state index in [1.807, 2.05) is 19.9 Å². The maximum Gasteiger partial charge on any atom is 0.341 e. The van der Waals surface area contributed by atoms with Crippen LogP contribution in [0.25, 0.3) is 11.3 Å². The third-order valence-corrected chi connectivity index (χ3v) is 2.82. The molecule has 2 aromatic rings. The lowest BCUT2D eigenvalue weighted by Crippen LogP contribution is -2.03. The SMILES string of the molecule is COc1ccccc1-c1noc(C(C)C)c1C(=O)O. The molecular formula is C14H15NO4. The van der Waals surface area contributed by atoms with Crippen LogP contribution in [0.15, 0.2) is 28.8 Å². The fraction of sp³-hybridized carbons (Fsp3) is 0.286. The average Bonchev–Trinajstić information content (AvgIpc) is 2.83. The monoisotopic (exact) mass is 261 g/mol. The van der Waals surface area contributed by atoms with Gasteiger partial charge in [-0.3, -0.25) is 0 Å². The maximum absolute atomic E-state index is 11.4. The lowest BCUT2D eigenvalue weighted by molar-refractivity contribution is 0.0694. The highest BCUT2D eigenvalue weighted by atomic mass is 16.5. The van der Waals surface area contributed by atoms with E-state index >= 15 is 0 Å².